The van der Waals surface area contributed by atoms with E-state index in [0.29, 0.717) is 0 Å². The van der Waals surface area contributed by atoms with E-state index in [1.807, 2.05) is 0 Å². The largest absolute Gasteiger partial charge is 0.226 e. The first-order valence-electron chi connectivity index (χ1n) is 9.19. The average molecular weight is 276 g/mol. The third kappa shape index (κ3) is 2.61. The fourth-order valence-electron chi connectivity index (χ4n) is 1.39. The normalized spacial score (nSPS) is 16.3. The van der Waals surface area contributed by atoms with E-state index < -0.39 is 24.2 Å². The molecule has 0 saturated carbocycles. The molecule has 3 aromatic rings. The van der Waals surface area contributed by atoms with Crippen molar-refractivity contribution in [1.29, 1.82) is 0 Å². The van der Waals surface area contributed by atoms with Crippen molar-refractivity contribution in [2.75, 3.05) is 0 Å². The summed E-state index contributed by atoms with van der Waals surface area (Å²) in [6.07, 6.45) is 0. The van der Waals surface area contributed by atoms with E-state index >= 15 is 0 Å². The highest BCUT2D eigenvalue weighted by atomic mass is 35.5. The minimum absolute atomic E-state index is 0.00705. The molecule has 0 aliphatic heterocycles. The van der Waals surface area contributed by atoms with E-state index in [1.54, 1.807) is 0 Å². The highest BCUT2D eigenvalue weighted by Crippen LogP contribution is 2.21. The van der Waals surface area contributed by atoms with E-state index in [4.69, 9.17) is 22.6 Å². The lowest BCUT2D eigenvalue weighted by Crippen LogP contribution is -1.96. The molecule has 92 valence electrons. The maximum atomic E-state index is 8.00. The molecule has 0 spiro atoms. The lowest BCUT2D eigenvalue weighted by Gasteiger charge is -2.04. The van der Waals surface area contributed by atoms with Gasteiger partial charge in [-0.05, 0) is 11.6 Å². The van der Waals surface area contributed by atoms with Gasteiger partial charge in [0.2, 0.25) is 5.28 Å². The second kappa shape index (κ2) is 5.16. The van der Waals surface area contributed by atoms with Gasteiger partial charge in [-0.2, -0.15) is 9.97 Å². The Hall–Kier alpha value is -2.26. The maximum absolute atomic E-state index is 8.00. The molecule has 3 rings (SSSR count). The van der Waals surface area contributed by atoms with Crippen molar-refractivity contribution < 1.29 is 11.0 Å². The van der Waals surface area contributed by atoms with Crippen LogP contribution in [0.15, 0.2) is 60.5 Å². The number of nitrogens with zero attached hydrogens (tertiary/aromatic N) is 3. The zero-order valence-corrected chi connectivity index (χ0v) is 10.1. The van der Waals surface area contributed by atoms with Crippen LogP contribution in [-0.2, 0) is 0 Å². The topological polar surface area (TPSA) is 38.7 Å². The van der Waals surface area contributed by atoms with Crippen LogP contribution in [0.2, 0.25) is 5.28 Å². The summed E-state index contributed by atoms with van der Waals surface area (Å²) < 4.78 is 62.2. The van der Waals surface area contributed by atoms with E-state index in [0.717, 1.165) is 0 Å². The molecular formula is C15H10ClN3. The summed E-state index contributed by atoms with van der Waals surface area (Å²) in [5.74, 6) is -0.270. The molecule has 0 N–H and O–H groups in total. The van der Waals surface area contributed by atoms with Gasteiger partial charge < -0.3 is 0 Å². The summed E-state index contributed by atoms with van der Waals surface area (Å²) in [4.78, 5) is 11.9. The molecule has 0 saturated heterocycles. The Morgan fingerprint density at radius 1 is 0.737 bits per heavy atom. The van der Waals surface area contributed by atoms with Crippen molar-refractivity contribution in [3.05, 3.63) is 65.8 Å². The number of rotatable bonds is 2. The van der Waals surface area contributed by atoms with Crippen LogP contribution in [0.3, 0.4) is 0 Å². The third-order valence-corrected chi connectivity index (χ3v) is 2.36. The van der Waals surface area contributed by atoms with Gasteiger partial charge in [0.15, 0.2) is 11.6 Å². The molecule has 0 aliphatic carbocycles. The fourth-order valence-corrected chi connectivity index (χ4v) is 1.55. The summed E-state index contributed by atoms with van der Waals surface area (Å²) in [7, 11) is 0. The molecule has 0 radical (unpaired) electrons. The summed E-state index contributed by atoms with van der Waals surface area (Å²) in [5.41, 5.74) is -0.0141. The quantitative estimate of drug-likeness (QED) is 0.713. The monoisotopic (exact) mass is 275 g/mol. The summed E-state index contributed by atoms with van der Waals surface area (Å²) in [5, 5.41) is -0.283. The van der Waals surface area contributed by atoms with Crippen molar-refractivity contribution in [1.82, 2.24) is 15.0 Å². The zero-order valence-electron chi connectivity index (χ0n) is 17.4. The van der Waals surface area contributed by atoms with Gasteiger partial charge in [0.1, 0.15) is 0 Å². The molecule has 2 aromatic carbocycles. The highest BCUT2D eigenvalue weighted by molar-refractivity contribution is 6.28. The van der Waals surface area contributed by atoms with Crippen LogP contribution in [0.4, 0.5) is 0 Å². The van der Waals surface area contributed by atoms with Crippen LogP contribution < -0.4 is 0 Å². The average Bonchev–Trinajstić information content (AvgIpc) is 2.63. The summed E-state index contributed by atoms with van der Waals surface area (Å²) in [6, 6.07) is -0.691. The first-order valence-corrected chi connectivity index (χ1v) is 5.56. The number of aromatic nitrogens is 3. The van der Waals surface area contributed by atoms with Gasteiger partial charge in [-0.1, -0.05) is 60.5 Å². The lowest BCUT2D eigenvalue weighted by atomic mass is 10.2. The van der Waals surface area contributed by atoms with Crippen LogP contribution in [0.5, 0.6) is 0 Å². The zero-order chi connectivity index (χ0) is 20.0. The van der Waals surface area contributed by atoms with Crippen LogP contribution in [0.1, 0.15) is 11.0 Å². The number of benzene rings is 2. The molecular weight excluding hydrogens is 258 g/mol. The Bertz CT molecular complexity index is 1010. The smallest absolute Gasteiger partial charge is 0.208 e. The van der Waals surface area contributed by atoms with Crippen molar-refractivity contribution in [2.45, 2.75) is 0 Å². The Morgan fingerprint density at radius 2 is 1.26 bits per heavy atom. The van der Waals surface area contributed by atoms with Crippen molar-refractivity contribution in [2.24, 2.45) is 0 Å². The minimum atomic E-state index is -0.461. The number of hydrogen-bond donors (Lipinski definition) is 0. The van der Waals surface area contributed by atoms with E-state index in [-0.39, 0.29) is 52.2 Å². The van der Waals surface area contributed by atoms with E-state index in [1.165, 1.54) is 12.1 Å². The Labute approximate surface area is 127 Å². The van der Waals surface area contributed by atoms with Crippen molar-refractivity contribution >= 4 is 11.6 Å². The fraction of sp³-hybridized carbons (Fsp3) is 0. The van der Waals surface area contributed by atoms with Crippen molar-refractivity contribution in [3.63, 3.8) is 0 Å². The summed E-state index contributed by atoms with van der Waals surface area (Å²) in [6.45, 7) is 0. The second-order valence-electron chi connectivity index (χ2n) is 3.41. The van der Waals surface area contributed by atoms with Gasteiger partial charge in [-0.25, -0.2) is 4.98 Å². The Morgan fingerprint density at radius 3 is 1.79 bits per heavy atom. The van der Waals surface area contributed by atoms with E-state index in [2.05, 4.69) is 15.0 Å². The molecule has 19 heavy (non-hydrogen) atoms. The highest BCUT2D eigenvalue weighted by Gasteiger charge is 2.08. The number of halogens is 1. The van der Waals surface area contributed by atoms with Gasteiger partial charge in [-0.15, -0.1) is 0 Å². The predicted molar refractivity (Wildman–Crippen MR) is 75.7 cm³/mol. The van der Waals surface area contributed by atoms with Gasteiger partial charge >= 0.3 is 0 Å². The predicted octanol–water partition coefficient (Wildman–Crippen LogP) is 3.86. The molecule has 1 aromatic heterocycles. The second-order valence-corrected chi connectivity index (χ2v) is 3.74. The Kier molecular flexibility index (Phi) is 1.58. The van der Waals surface area contributed by atoms with Crippen LogP contribution in [0.25, 0.3) is 22.8 Å². The van der Waals surface area contributed by atoms with E-state index in [9.17, 15) is 0 Å². The first kappa shape index (κ1) is 5.80. The van der Waals surface area contributed by atoms with Gasteiger partial charge in [0, 0.05) is 11.1 Å². The van der Waals surface area contributed by atoms with Gasteiger partial charge in [0.25, 0.3) is 0 Å². The minimum Gasteiger partial charge on any atom is -0.208 e. The molecule has 0 bridgehead atoms. The Balaban J connectivity index is 2.27. The molecule has 0 aliphatic rings. The van der Waals surface area contributed by atoms with Crippen LogP contribution >= 0.6 is 11.6 Å². The van der Waals surface area contributed by atoms with Gasteiger partial charge in [-0.3, -0.25) is 0 Å². The van der Waals surface area contributed by atoms with Crippen molar-refractivity contribution in [3.8, 4) is 22.8 Å². The lowest BCUT2D eigenvalue weighted by molar-refractivity contribution is 1.07. The molecule has 1 heterocycles. The maximum Gasteiger partial charge on any atom is 0.226 e. The molecule has 0 fully saturated rings. The standard InChI is InChI=1S/C15H10ClN3/c16-15-18-13(11-7-3-1-4-8-11)17-14(19-15)12-9-5-2-6-10-12/h1-10H/i1D,2D,3D,4D,5D,6D,7D,9D. The molecule has 0 unspecified atom stereocenters. The molecule has 3 nitrogen and oxygen atoms in total. The molecule has 4 heteroatoms. The number of hydrogen-bond acceptors (Lipinski definition) is 3. The SMILES string of the molecule is [2H]c1cc(-c2nc(Cl)nc(-c3cc([2H])c([2H])c([2H])c3[2H])n2)c([2H])c([2H])c1[2H]. The molecule has 0 amide bonds. The summed E-state index contributed by atoms with van der Waals surface area (Å²) >= 11 is 5.93. The third-order valence-electron chi connectivity index (χ3n) is 2.19. The van der Waals surface area contributed by atoms with Crippen LogP contribution in [-0.4, -0.2) is 15.0 Å². The first-order chi connectivity index (χ1) is 12.6. The molecule has 0 atom stereocenters. The van der Waals surface area contributed by atoms with Gasteiger partial charge in [0.05, 0.1) is 11.0 Å². The van der Waals surface area contributed by atoms with Crippen LogP contribution in [0, 0.1) is 0 Å².